The van der Waals surface area contributed by atoms with E-state index in [1.165, 1.54) is 23.0 Å². The molecule has 0 radical (unpaired) electrons. The standard InChI is InChI=1S/C21H21N3O3S/c1-14-22-7-2-17(23-14)18-12-15-4-11-27-21(19(15)28-18)5-8-24(9-6-21)20(25)16-3-10-26-13-16/h2-3,7,10,12-13H,4-6,8-9,11H2,1H3. The van der Waals surface area contributed by atoms with E-state index in [4.69, 9.17) is 9.15 Å². The van der Waals surface area contributed by atoms with Gasteiger partial charge in [0.2, 0.25) is 0 Å². The van der Waals surface area contributed by atoms with Crippen LogP contribution in [0.25, 0.3) is 10.6 Å². The highest BCUT2D eigenvalue weighted by atomic mass is 32.1. The number of carbonyl (C=O) groups excluding carboxylic acids is 1. The molecule has 0 atom stereocenters. The summed E-state index contributed by atoms with van der Waals surface area (Å²) in [5, 5.41) is 0. The Balaban J connectivity index is 1.40. The molecule has 5 heterocycles. The molecule has 1 saturated heterocycles. The minimum Gasteiger partial charge on any atom is -0.472 e. The van der Waals surface area contributed by atoms with Gasteiger partial charge < -0.3 is 14.1 Å². The van der Waals surface area contributed by atoms with Crippen molar-refractivity contribution < 1.29 is 13.9 Å². The van der Waals surface area contributed by atoms with Gasteiger partial charge in [-0.15, -0.1) is 11.3 Å². The molecule has 1 spiro atoms. The molecule has 3 aromatic rings. The Morgan fingerprint density at radius 1 is 1.29 bits per heavy atom. The number of piperidine rings is 1. The van der Waals surface area contributed by atoms with Crippen molar-refractivity contribution in [2.45, 2.75) is 31.8 Å². The van der Waals surface area contributed by atoms with E-state index >= 15 is 0 Å². The number of fused-ring (bicyclic) bond motifs is 2. The second-order valence-corrected chi connectivity index (χ2v) is 8.40. The molecule has 2 aliphatic rings. The summed E-state index contributed by atoms with van der Waals surface area (Å²) in [6, 6.07) is 5.94. The van der Waals surface area contributed by atoms with Crippen molar-refractivity contribution in [3.8, 4) is 10.6 Å². The molecule has 0 aromatic carbocycles. The zero-order valence-electron chi connectivity index (χ0n) is 15.7. The van der Waals surface area contributed by atoms with E-state index in [1.54, 1.807) is 17.4 Å². The number of hydrogen-bond acceptors (Lipinski definition) is 6. The minimum atomic E-state index is -0.286. The fourth-order valence-corrected chi connectivity index (χ4v) is 5.53. The lowest BCUT2D eigenvalue weighted by molar-refractivity contribution is -0.0906. The summed E-state index contributed by atoms with van der Waals surface area (Å²) in [6.07, 6.45) is 7.41. The summed E-state index contributed by atoms with van der Waals surface area (Å²) < 4.78 is 11.4. The van der Waals surface area contributed by atoms with Gasteiger partial charge in [-0.05, 0) is 49.9 Å². The normalized spacial score (nSPS) is 18.2. The number of hydrogen-bond donors (Lipinski definition) is 0. The number of rotatable bonds is 2. The van der Waals surface area contributed by atoms with Crippen LogP contribution in [0.5, 0.6) is 0 Å². The van der Waals surface area contributed by atoms with Gasteiger partial charge in [0.15, 0.2) is 0 Å². The SMILES string of the molecule is Cc1nccc(-c2cc3c(s2)C2(CCN(C(=O)c4ccoc4)CC2)OCC3)n1. The number of likely N-dealkylation sites (tertiary alicyclic amines) is 1. The van der Waals surface area contributed by atoms with Crippen LogP contribution in [0.15, 0.2) is 41.3 Å². The van der Waals surface area contributed by atoms with Crippen LogP contribution < -0.4 is 0 Å². The van der Waals surface area contributed by atoms with Crippen molar-refractivity contribution in [3.63, 3.8) is 0 Å². The van der Waals surface area contributed by atoms with E-state index in [9.17, 15) is 4.79 Å². The van der Waals surface area contributed by atoms with Gasteiger partial charge in [-0.2, -0.15) is 0 Å². The summed E-state index contributed by atoms with van der Waals surface area (Å²) in [5.41, 5.74) is 2.65. The highest BCUT2D eigenvalue weighted by Gasteiger charge is 2.43. The molecule has 0 bridgehead atoms. The lowest BCUT2D eigenvalue weighted by Crippen LogP contribution is -2.47. The summed E-state index contributed by atoms with van der Waals surface area (Å²) in [7, 11) is 0. The molecule has 6 nitrogen and oxygen atoms in total. The van der Waals surface area contributed by atoms with Crippen LogP contribution in [-0.4, -0.2) is 40.5 Å². The average Bonchev–Trinajstić information content (AvgIpc) is 3.39. The molecule has 2 aliphatic heterocycles. The van der Waals surface area contributed by atoms with E-state index in [-0.39, 0.29) is 11.5 Å². The molecule has 0 N–H and O–H groups in total. The highest BCUT2D eigenvalue weighted by molar-refractivity contribution is 7.15. The van der Waals surface area contributed by atoms with Crippen LogP contribution in [0, 0.1) is 6.92 Å². The minimum absolute atomic E-state index is 0.0305. The van der Waals surface area contributed by atoms with Crippen molar-refractivity contribution in [1.82, 2.24) is 14.9 Å². The second kappa shape index (κ2) is 6.83. The number of aryl methyl sites for hydroxylation is 1. The van der Waals surface area contributed by atoms with Crippen molar-refractivity contribution in [2.75, 3.05) is 19.7 Å². The van der Waals surface area contributed by atoms with E-state index in [0.717, 1.165) is 42.3 Å². The van der Waals surface area contributed by atoms with E-state index in [2.05, 4.69) is 16.0 Å². The maximum absolute atomic E-state index is 12.6. The third-order valence-electron chi connectivity index (χ3n) is 5.63. The van der Waals surface area contributed by atoms with Gasteiger partial charge in [0.05, 0.1) is 29.0 Å². The number of ether oxygens (including phenoxy) is 1. The largest absolute Gasteiger partial charge is 0.472 e. The fourth-order valence-electron chi connectivity index (χ4n) is 4.15. The maximum Gasteiger partial charge on any atom is 0.257 e. The van der Waals surface area contributed by atoms with Crippen molar-refractivity contribution in [3.05, 3.63) is 58.8 Å². The third kappa shape index (κ3) is 2.95. The zero-order valence-corrected chi connectivity index (χ0v) is 16.5. The molecule has 1 amide bonds. The molecule has 0 saturated carbocycles. The molecule has 0 unspecified atom stereocenters. The first-order valence-corrected chi connectivity index (χ1v) is 10.3. The topological polar surface area (TPSA) is 68.5 Å². The predicted octanol–water partition coefficient (Wildman–Crippen LogP) is 3.81. The number of amides is 1. The summed E-state index contributed by atoms with van der Waals surface area (Å²) in [6.45, 7) is 4.00. The monoisotopic (exact) mass is 395 g/mol. The fraction of sp³-hybridized carbons (Fsp3) is 0.381. The van der Waals surface area contributed by atoms with Crippen LogP contribution >= 0.6 is 11.3 Å². The molecular formula is C21H21N3O3S. The first-order valence-electron chi connectivity index (χ1n) is 9.53. The Morgan fingerprint density at radius 2 is 2.14 bits per heavy atom. The number of thiophene rings is 1. The Hall–Kier alpha value is -2.51. The number of carbonyl (C=O) groups is 1. The molecular weight excluding hydrogens is 374 g/mol. The maximum atomic E-state index is 12.6. The molecule has 7 heteroatoms. The van der Waals surface area contributed by atoms with Crippen LogP contribution in [0.1, 0.15) is 39.5 Å². The first-order chi connectivity index (χ1) is 13.6. The summed E-state index contributed by atoms with van der Waals surface area (Å²) >= 11 is 1.78. The Kier molecular flexibility index (Phi) is 4.29. The van der Waals surface area contributed by atoms with Gasteiger partial charge in [-0.25, -0.2) is 9.97 Å². The van der Waals surface area contributed by atoms with Crippen LogP contribution in [0.2, 0.25) is 0 Å². The van der Waals surface area contributed by atoms with Crippen LogP contribution in [0.3, 0.4) is 0 Å². The summed E-state index contributed by atoms with van der Waals surface area (Å²) in [4.78, 5) is 25.8. The van der Waals surface area contributed by atoms with Gasteiger partial charge >= 0.3 is 0 Å². The van der Waals surface area contributed by atoms with Gasteiger partial charge in [-0.3, -0.25) is 4.79 Å². The number of nitrogens with zero attached hydrogens (tertiary/aromatic N) is 3. The average molecular weight is 395 g/mol. The van der Waals surface area contributed by atoms with E-state index < -0.39 is 0 Å². The van der Waals surface area contributed by atoms with Crippen molar-refractivity contribution >= 4 is 17.2 Å². The quantitative estimate of drug-likeness (QED) is 0.660. The number of furan rings is 1. The summed E-state index contributed by atoms with van der Waals surface area (Å²) in [5.74, 6) is 0.809. The van der Waals surface area contributed by atoms with Crippen molar-refractivity contribution in [2.24, 2.45) is 0 Å². The zero-order chi connectivity index (χ0) is 19.1. The Morgan fingerprint density at radius 3 is 2.89 bits per heavy atom. The Bertz CT molecular complexity index is 1000. The van der Waals surface area contributed by atoms with Crippen LogP contribution in [0.4, 0.5) is 0 Å². The molecule has 0 aliphatic carbocycles. The van der Waals surface area contributed by atoms with E-state index in [0.29, 0.717) is 18.7 Å². The van der Waals surface area contributed by atoms with Gasteiger partial charge in [0.25, 0.3) is 5.91 Å². The first kappa shape index (κ1) is 17.6. The molecule has 144 valence electrons. The molecule has 3 aromatic heterocycles. The van der Waals surface area contributed by atoms with Gasteiger partial charge in [-0.1, -0.05) is 0 Å². The Labute approximate surface area is 167 Å². The smallest absolute Gasteiger partial charge is 0.257 e. The van der Waals surface area contributed by atoms with Gasteiger partial charge in [0.1, 0.15) is 17.7 Å². The van der Waals surface area contributed by atoms with Gasteiger partial charge in [0, 0.05) is 24.2 Å². The van der Waals surface area contributed by atoms with Crippen molar-refractivity contribution in [1.29, 1.82) is 0 Å². The van der Waals surface area contributed by atoms with E-state index in [1.807, 2.05) is 24.1 Å². The highest BCUT2D eigenvalue weighted by Crippen LogP contribution is 2.47. The molecule has 28 heavy (non-hydrogen) atoms. The second-order valence-electron chi connectivity index (χ2n) is 7.35. The lowest BCUT2D eigenvalue weighted by Gasteiger charge is -2.43. The lowest BCUT2D eigenvalue weighted by atomic mass is 9.85. The molecule has 5 rings (SSSR count). The molecule has 1 fully saturated rings. The predicted molar refractivity (Wildman–Crippen MR) is 105 cm³/mol. The number of aromatic nitrogens is 2. The third-order valence-corrected chi connectivity index (χ3v) is 7.01. The van der Waals surface area contributed by atoms with Crippen LogP contribution in [-0.2, 0) is 16.8 Å².